The molecular weight excluding hydrogens is 586 g/mol. The van der Waals surface area contributed by atoms with E-state index in [1.165, 1.54) is 0 Å². The number of aryl methyl sites for hydroxylation is 1. The summed E-state index contributed by atoms with van der Waals surface area (Å²) in [5.41, 5.74) is 2.57. The van der Waals surface area contributed by atoms with Crippen molar-refractivity contribution in [3.05, 3.63) is 53.5 Å². The second-order valence-corrected chi connectivity index (χ2v) is 13.4. The van der Waals surface area contributed by atoms with Crippen molar-refractivity contribution in [2.45, 2.75) is 69.2 Å². The zero-order chi connectivity index (χ0) is 31.1. The normalized spacial score (nSPS) is 27.9. The van der Waals surface area contributed by atoms with E-state index in [0.29, 0.717) is 42.7 Å². The second-order valence-electron chi connectivity index (χ2n) is 13.4. The van der Waals surface area contributed by atoms with Gasteiger partial charge in [-0.2, -0.15) is 23.8 Å². The summed E-state index contributed by atoms with van der Waals surface area (Å²) in [6, 6.07) is 5.51. The Kier molecular flexibility index (Phi) is 6.62. The Hall–Kier alpha value is -3.77. The third-order valence-electron chi connectivity index (χ3n) is 10.6. The fraction of sp³-hybridized carbons (Fsp3) is 0.485. The Bertz CT molecular complexity index is 1860. The summed E-state index contributed by atoms with van der Waals surface area (Å²) in [5.74, 6) is -0.0825. The molecule has 236 valence electrons. The second kappa shape index (κ2) is 10.4. The number of aromatic amines is 1. The first-order valence-corrected chi connectivity index (χ1v) is 15.7. The van der Waals surface area contributed by atoms with Gasteiger partial charge in [0.2, 0.25) is 0 Å². The Morgan fingerprint density at radius 2 is 2.02 bits per heavy atom. The first-order valence-electron chi connectivity index (χ1n) is 15.7. The molecule has 4 atom stereocenters. The lowest BCUT2D eigenvalue weighted by atomic mass is 9.92. The van der Waals surface area contributed by atoms with Gasteiger partial charge in [0.15, 0.2) is 5.82 Å². The minimum atomic E-state index is -1.74. The van der Waals surface area contributed by atoms with Gasteiger partial charge in [-0.25, -0.2) is 8.78 Å². The Morgan fingerprint density at radius 3 is 2.87 bits per heavy atom. The molecule has 0 spiro atoms. The van der Waals surface area contributed by atoms with E-state index in [2.05, 4.69) is 25.4 Å². The minimum Gasteiger partial charge on any atom is -0.461 e. The van der Waals surface area contributed by atoms with Gasteiger partial charge < -0.3 is 15.0 Å². The molecular formula is C33H35F4N7O. The molecule has 4 aromatic rings. The highest BCUT2D eigenvalue weighted by Gasteiger charge is 2.49. The van der Waals surface area contributed by atoms with Crippen LogP contribution in [0.5, 0.6) is 6.01 Å². The van der Waals surface area contributed by atoms with Crippen LogP contribution in [0.25, 0.3) is 32.9 Å². The lowest BCUT2D eigenvalue weighted by molar-refractivity contribution is 0.107. The van der Waals surface area contributed by atoms with Crippen LogP contribution in [-0.2, 0) is 0 Å². The van der Waals surface area contributed by atoms with Crippen molar-refractivity contribution in [1.29, 1.82) is 0 Å². The number of benzene rings is 2. The SMILES string of the molecule is Cc1cc2[nH]ncc2c(-c2ccc3c(N4C[C@H]5CC[C@@](C=C(F)F)(C4)N5)nc(OCC45CCCN4C[C@H](F)C5)nc3c2F)c1C. The van der Waals surface area contributed by atoms with Gasteiger partial charge in [-0.15, -0.1) is 0 Å². The Labute approximate surface area is 257 Å². The molecule has 8 rings (SSSR count). The predicted molar refractivity (Wildman–Crippen MR) is 164 cm³/mol. The number of nitrogens with one attached hydrogen (secondary N) is 2. The summed E-state index contributed by atoms with van der Waals surface area (Å²) >= 11 is 0. The number of hydrogen-bond donors (Lipinski definition) is 2. The number of ether oxygens (including phenoxy) is 1. The van der Waals surface area contributed by atoms with E-state index in [-0.39, 0.29) is 30.7 Å². The van der Waals surface area contributed by atoms with Crippen molar-refractivity contribution >= 4 is 27.6 Å². The van der Waals surface area contributed by atoms with Gasteiger partial charge in [0.25, 0.3) is 6.08 Å². The molecule has 2 aromatic heterocycles. The zero-order valence-electron chi connectivity index (χ0n) is 25.3. The number of piperazine rings is 1. The highest BCUT2D eigenvalue weighted by molar-refractivity contribution is 6.01. The third-order valence-corrected chi connectivity index (χ3v) is 10.6. The largest absolute Gasteiger partial charge is 0.461 e. The predicted octanol–water partition coefficient (Wildman–Crippen LogP) is 5.98. The van der Waals surface area contributed by atoms with Crippen molar-refractivity contribution in [2.75, 3.05) is 37.7 Å². The van der Waals surface area contributed by atoms with Crippen molar-refractivity contribution < 1.29 is 22.3 Å². The van der Waals surface area contributed by atoms with Crippen LogP contribution in [0.2, 0.25) is 0 Å². The van der Waals surface area contributed by atoms with E-state index < -0.39 is 29.1 Å². The van der Waals surface area contributed by atoms with Crippen molar-refractivity contribution in [2.24, 2.45) is 0 Å². The van der Waals surface area contributed by atoms with E-state index in [9.17, 15) is 13.2 Å². The molecule has 45 heavy (non-hydrogen) atoms. The number of fused-ring (bicyclic) bond motifs is 5. The molecule has 12 heteroatoms. The number of rotatable bonds is 6. The standard InChI is InChI=1S/C33H35F4N7O/c1-18-10-25-24(13-38-42-25)27(19(18)2)22-4-5-23-29(28(22)37)39-31(45-17-33-7-3-9-44(33)14-20(34)11-33)40-30(23)43-15-21-6-8-32(16-43,41-21)12-26(35)36/h4-5,10,12-13,20-21,41H,3,6-9,11,14-17H2,1-2H3,(H,38,42)/t20-,21-,32-,33?/m1/s1. The molecule has 2 bridgehead atoms. The first kappa shape index (κ1) is 28.7. The van der Waals surface area contributed by atoms with E-state index in [1.807, 2.05) is 30.9 Å². The number of aromatic nitrogens is 4. The fourth-order valence-corrected chi connectivity index (χ4v) is 8.39. The monoisotopic (exact) mass is 621 g/mol. The fourth-order valence-electron chi connectivity index (χ4n) is 8.39. The highest BCUT2D eigenvalue weighted by atomic mass is 19.3. The Balaban J connectivity index is 1.26. The quantitative estimate of drug-likeness (QED) is 0.257. The number of halogens is 4. The van der Waals surface area contributed by atoms with Gasteiger partial charge in [0.1, 0.15) is 24.1 Å². The average molecular weight is 622 g/mol. The molecule has 4 fully saturated rings. The van der Waals surface area contributed by atoms with Gasteiger partial charge in [0, 0.05) is 54.5 Å². The molecule has 2 aromatic carbocycles. The molecule has 8 nitrogen and oxygen atoms in total. The number of alkyl halides is 1. The lowest BCUT2D eigenvalue weighted by Crippen LogP contribution is -2.59. The van der Waals surface area contributed by atoms with Crippen molar-refractivity contribution in [1.82, 2.24) is 30.4 Å². The van der Waals surface area contributed by atoms with E-state index in [0.717, 1.165) is 59.5 Å². The lowest BCUT2D eigenvalue weighted by Gasteiger charge is -2.40. The smallest absolute Gasteiger partial charge is 0.319 e. The maximum absolute atomic E-state index is 16.9. The molecule has 0 amide bonds. The van der Waals surface area contributed by atoms with E-state index in [4.69, 9.17) is 9.72 Å². The molecule has 2 N–H and O–H groups in total. The highest BCUT2D eigenvalue weighted by Crippen LogP contribution is 2.43. The van der Waals surface area contributed by atoms with Crippen LogP contribution in [0, 0.1) is 19.7 Å². The van der Waals surface area contributed by atoms with Gasteiger partial charge in [-0.1, -0.05) is 6.07 Å². The molecule has 0 radical (unpaired) electrons. The topological polar surface area (TPSA) is 82.2 Å². The number of hydrogen-bond acceptors (Lipinski definition) is 7. The van der Waals surface area contributed by atoms with Gasteiger partial charge in [0.05, 0.1) is 22.8 Å². The number of nitrogens with zero attached hydrogens (tertiary/aromatic N) is 5. The van der Waals surface area contributed by atoms with Crippen LogP contribution in [0.1, 0.15) is 43.2 Å². The molecule has 1 unspecified atom stereocenters. The summed E-state index contributed by atoms with van der Waals surface area (Å²) in [5, 5.41) is 11.8. The van der Waals surface area contributed by atoms with Crippen LogP contribution in [0.4, 0.5) is 23.4 Å². The Morgan fingerprint density at radius 1 is 1.16 bits per heavy atom. The van der Waals surface area contributed by atoms with Crippen molar-refractivity contribution in [3.63, 3.8) is 0 Å². The maximum Gasteiger partial charge on any atom is 0.319 e. The van der Waals surface area contributed by atoms with Crippen LogP contribution in [0.15, 0.2) is 36.6 Å². The van der Waals surface area contributed by atoms with Gasteiger partial charge in [-0.05, 0) is 74.9 Å². The molecule has 0 saturated carbocycles. The molecule has 6 heterocycles. The van der Waals surface area contributed by atoms with E-state index >= 15 is 4.39 Å². The van der Waals surface area contributed by atoms with Crippen LogP contribution in [0.3, 0.4) is 0 Å². The zero-order valence-corrected chi connectivity index (χ0v) is 25.3. The summed E-state index contributed by atoms with van der Waals surface area (Å²) in [6.07, 6.45) is 3.48. The summed E-state index contributed by atoms with van der Waals surface area (Å²) in [4.78, 5) is 13.5. The summed E-state index contributed by atoms with van der Waals surface area (Å²) < 4.78 is 64.8. The van der Waals surface area contributed by atoms with Crippen LogP contribution in [-0.4, -0.2) is 81.1 Å². The minimum absolute atomic E-state index is 0.00125. The molecule has 4 saturated heterocycles. The number of H-pyrrole nitrogens is 1. The summed E-state index contributed by atoms with van der Waals surface area (Å²) in [7, 11) is 0. The van der Waals surface area contributed by atoms with E-state index in [1.54, 1.807) is 12.3 Å². The maximum atomic E-state index is 16.9. The van der Waals surface area contributed by atoms with Crippen LogP contribution < -0.4 is 15.0 Å². The number of anilines is 1. The summed E-state index contributed by atoms with van der Waals surface area (Å²) in [6.45, 7) is 6.08. The molecule has 4 aliphatic heterocycles. The van der Waals surface area contributed by atoms with Crippen molar-refractivity contribution in [3.8, 4) is 17.1 Å². The van der Waals surface area contributed by atoms with Crippen LogP contribution >= 0.6 is 0 Å². The average Bonchev–Trinajstić information content (AvgIpc) is 3.75. The van der Waals surface area contributed by atoms with Gasteiger partial charge >= 0.3 is 6.01 Å². The third kappa shape index (κ3) is 4.67. The molecule has 0 aliphatic carbocycles. The first-order chi connectivity index (χ1) is 21.6. The van der Waals surface area contributed by atoms with Gasteiger partial charge in [-0.3, -0.25) is 10.00 Å². The molecule has 4 aliphatic rings.